The Hall–Kier alpha value is -2.18. The van der Waals surface area contributed by atoms with Crippen molar-refractivity contribution in [3.8, 4) is 0 Å². The minimum atomic E-state index is -0.607. The van der Waals surface area contributed by atoms with Crippen LogP contribution in [0, 0.1) is 5.41 Å². The van der Waals surface area contributed by atoms with E-state index in [4.69, 9.17) is 15.9 Å². The van der Waals surface area contributed by atoms with Gasteiger partial charge < -0.3 is 15.8 Å². The van der Waals surface area contributed by atoms with Crippen molar-refractivity contribution in [3.63, 3.8) is 0 Å². The van der Waals surface area contributed by atoms with Gasteiger partial charge in [-0.1, -0.05) is 0 Å². The molecule has 1 unspecified atom stereocenters. The highest BCUT2D eigenvalue weighted by atomic mass is 16.6. The molecule has 1 atom stereocenters. The number of carbonyl (C=O) groups is 1. The summed E-state index contributed by atoms with van der Waals surface area (Å²) in [5.74, 6) is -0.201. The number of hydrogen-bond donors (Lipinski definition) is 3. The lowest BCUT2D eigenvalue weighted by Gasteiger charge is -2.20. The molecule has 0 bridgehead atoms. The van der Waals surface area contributed by atoms with Gasteiger partial charge in [0.2, 0.25) is 5.95 Å². The highest BCUT2D eigenvalue weighted by Crippen LogP contribution is 2.10. The molecule has 0 fully saturated rings. The number of hydrogen-bond acceptors (Lipinski definition) is 7. The molecule has 1 aromatic heterocycles. The SMILES string of the molecule is CC(CC(=N)C(=O)OC(C)(C)C)Nc1ncc(N)cn1. The lowest BCUT2D eigenvalue weighted by molar-refractivity contribution is -0.146. The van der Waals surface area contributed by atoms with Crippen molar-refractivity contribution in [2.75, 3.05) is 11.1 Å². The van der Waals surface area contributed by atoms with Crippen LogP contribution in [0.4, 0.5) is 11.6 Å². The normalized spacial score (nSPS) is 12.6. The number of nitrogens with two attached hydrogens (primary N) is 1. The van der Waals surface area contributed by atoms with Gasteiger partial charge in [0.1, 0.15) is 11.3 Å². The van der Waals surface area contributed by atoms with Crippen molar-refractivity contribution in [2.45, 2.75) is 45.8 Å². The molecule has 0 saturated heterocycles. The number of nitrogen functional groups attached to an aromatic ring is 1. The zero-order valence-electron chi connectivity index (χ0n) is 12.2. The topological polar surface area (TPSA) is 114 Å². The molecule has 0 aliphatic carbocycles. The molecule has 0 amide bonds. The van der Waals surface area contributed by atoms with Crippen LogP contribution in [0.5, 0.6) is 0 Å². The zero-order valence-corrected chi connectivity index (χ0v) is 12.2. The van der Waals surface area contributed by atoms with Gasteiger partial charge >= 0.3 is 5.97 Å². The Morgan fingerprint density at radius 1 is 1.45 bits per heavy atom. The van der Waals surface area contributed by atoms with Gasteiger partial charge in [0.15, 0.2) is 0 Å². The summed E-state index contributed by atoms with van der Waals surface area (Å²) < 4.78 is 5.13. The molecular weight excluding hydrogens is 258 g/mol. The number of carbonyl (C=O) groups excluding carboxylic acids is 1. The first-order valence-corrected chi connectivity index (χ1v) is 6.32. The molecule has 0 saturated carbocycles. The van der Waals surface area contributed by atoms with Gasteiger partial charge in [0.05, 0.1) is 18.1 Å². The Morgan fingerprint density at radius 3 is 2.50 bits per heavy atom. The second-order valence-electron chi connectivity index (χ2n) is 5.57. The molecule has 7 heteroatoms. The van der Waals surface area contributed by atoms with Gasteiger partial charge in [-0.2, -0.15) is 0 Å². The van der Waals surface area contributed by atoms with Crippen LogP contribution in [0.2, 0.25) is 0 Å². The zero-order chi connectivity index (χ0) is 15.3. The highest BCUT2D eigenvalue weighted by Gasteiger charge is 2.21. The first kappa shape index (κ1) is 15.9. The molecule has 0 radical (unpaired) electrons. The fourth-order valence-corrected chi connectivity index (χ4v) is 1.41. The summed E-state index contributed by atoms with van der Waals surface area (Å²) in [7, 11) is 0. The second-order valence-corrected chi connectivity index (χ2v) is 5.57. The molecule has 0 aromatic carbocycles. The predicted molar refractivity (Wildman–Crippen MR) is 77.7 cm³/mol. The van der Waals surface area contributed by atoms with E-state index in [1.165, 1.54) is 12.4 Å². The third-order valence-corrected chi connectivity index (χ3v) is 2.20. The fourth-order valence-electron chi connectivity index (χ4n) is 1.41. The van der Waals surface area contributed by atoms with Crippen molar-refractivity contribution >= 4 is 23.3 Å². The Kier molecular flexibility index (Phi) is 5.01. The number of anilines is 2. The van der Waals surface area contributed by atoms with Crippen molar-refractivity contribution in [1.29, 1.82) is 5.41 Å². The van der Waals surface area contributed by atoms with E-state index in [-0.39, 0.29) is 18.2 Å². The molecule has 0 aliphatic rings. The van der Waals surface area contributed by atoms with Gasteiger partial charge in [0.25, 0.3) is 0 Å². The van der Waals surface area contributed by atoms with Crippen LogP contribution in [-0.2, 0) is 9.53 Å². The Labute approximate surface area is 118 Å². The smallest absolute Gasteiger partial charge is 0.352 e. The number of aromatic nitrogens is 2. The largest absolute Gasteiger partial charge is 0.456 e. The van der Waals surface area contributed by atoms with Crippen molar-refractivity contribution < 1.29 is 9.53 Å². The van der Waals surface area contributed by atoms with E-state index in [1.807, 2.05) is 6.92 Å². The van der Waals surface area contributed by atoms with E-state index in [0.717, 1.165) is 0 Å². The van der Waals surface area contributed by atoms with Crippen molar-refractivity contribution in [3.05, 3.63) is 12.4 Å². The van der Waals surface area contributed by atoms with E-state index < -0.39 is 11.6 Å². The number of esters is 1. The summed E-state index contributed by atoms with van der Waals surface area (Å²) in [4.78, 5) is 19.7. The predicted octanol–water partition coefficient (Wildman–Crippen LogP) is 1.61. The summed E-state index contributed by atoms with van der Waals surface area (Å²) in [6.45, 7) is 7.13. The lowest BCUT2D eigenvalue weighted by atomic mass is 10.1. The van der Waals surface area contributed by atoms with E-state index in [2.05, 4.69) is 15.3 Å². The monoisotopic (exact) mass is 279 g/mol. The van der Waals surface area contributed by atoms with Gasteiger partial charge in [-0.3, -0.25) is 5.41 Å². The summed E-state index contributed by atoms with van der Waals surface area (Å²) in [5.41, 5.74) is 5.28. The minimum Gasteiger partial charge on any atom is -0.456 e. The molecule has 1 heterocycles. The fraction of sp³-hybridized carbons (Fsp3) is 0.538. The number of ether oxygens (including phenoxy) is 1. The molecule has 110 valence electrons. The molecular formula is C13H21N5O2. The van der Waals surface area contributed by atoms with Crippen LogP contribution in [0.1, 0.15) is 34.1 Å². The molecule has 4 N–H and O–H groups in total. The number of rotatable bonds is 5. The van der Waals surface area contributed by atoms with Crippen LogP contribution in [-0.4, -0.2) is 33.3 Å². The maximum Gasteiger partial charge on any atom is 0.352 e. The van der Waals surface area contributed by atoms with Gasteiger partial charge in [-0.05, 0) is 27.7 Å². The number of nitrogens with zero attached hydrogens (tertiary/aromatic N) is 2. The van der Waals surface area contributed by atoms with E-state index >= 15 is 0 Å². The molecule has 1 aromatic rings. The summed E-state index contributed by atoms with van der Waals surface area (Å²) in [6, 6.07) is -0.168. The summed E-state index contributed by atoms with van der Waals surface area (Å²) in [6.07, 6.45) is 3.20. The summed E-state index contributed by atoms with van der Waals surface area (Å²) >= 11 is 0. The Balaban J connectivity index is 2.49. The van der Waals surface area contributed by atoms with E-state index in [0.29, 0.717) is 11.6 Å². The van der Waals surface area contributed by atoms with E-state index in [1.54, 1.807) is 20.8 Å². The molecule has 0 spiro atoms. The average Bonchev–Trinajstić information content (AvgIpc) is 2.29. The van der Waals surface area contributed by atoms with Gasteiger partial charge in [0, 0.05) is 12.5 Å². The summed E-state index contributed by atoms with van der Waals surface area (Å²) in [5, 5.41) is 10.7. The molecule has 1 rings (SSSR count). The highest BCUT2D eigenvalue weighted by molar-refractivity contribution is 6.35. The van der Waals surface area contributed by atoms with E-state index in [9.17, 15) is 4.79 Å². The van der Waals surface area contributed by atoms with Crippen LogP contribution < -0.4 is 11.1 Å². The van der Waals surface area contributed by atoms with Crippen LogP contribution in [0.15, 0.2) is 12.4 Å². The number of nitrogens with one attached hydrogen (secondary N) is 2. The standard InChI is InChI=1S/C13H21N5O2/c1-8(18-12-16-6-9(14)7-17-12)5-10(15)11(19)20-13(2,3)4/h6-8,15H,5,14H2,1-4H3,(H,16,17,18). The van der Waals surface area contributed by atoms with Crippen LogP contribution in [0.25, 0.3) is 0 Å². The lowest BCUT2D eigenvalue weighted by Crippen LogP contribution is -2.31. The van der Waals surface area contributed by atoms with Crippen LogP contribution >= 0.6 is 0 Å². The van der Waals surface area contributed by atoms with Gasteiger partial charge in [-0.25, -0.2) is 14.8 Å². The third kappa shape index (κ3) is 5.64. The third-order valence-electron chi connectivity index (χ3n) is 2.20. The molecule has 7 nitrogen and oxygen atoms in total. The van der Waals surface area contributed by atoms with Crippen molar-refractivity contribution in [2.24, 2.45) is 0 Å². The Bertz CT molecular complexity index is 479. The molecule has 20 heavy (non-hydrogen) atoms. The van der Waals surface area contributed by atoms with Gasteiger partial charge in [-0.15, -0.1) is 0 Å². The maximum atomic E-state index is 11.7. The van der Waals surface area contributed by atoms with Crippen molar-refractivity contribution in [1.82, 2.24) is 9.97 Å². The average molecular weight is 279 g/mol. The minimum absolute atomic E-state index is 0.0876. The second kappa shape index (κ2) is 6.31. The molecule has 0 aliphatic heterocycles. The van der Waals surface area contributed by atoms with Crippen LogP contribution in [0.3, 0.4) is 0 Å². The first-order valence-electron chi connectivity index (χ1n) is 6.32. The first-order chi connectivity index (χ1) is 9.17. The maximum absolute atomic E-state index is 11.7. The quantitative estimate of drug-likeness (QED) is 0.557. The Morgan fingerprint density at radius 2 is 2.00 bits per heavy atom.